The second-order valence-electron chi connectivity index (χ2n) is 5.25. The second-order valence-corrected chi connectivity index (χ2v) is 5.69. The molecule has 0 aliphatic heterocycles. The molecule has 0 unspecified atom stereocenters. The monoisotopic (exact) mass is 324 g/mol. The summed E-state index contributed by atoms with van der Waals surface area (Å²) in [5.74, 6) is 1.20. The number of imidazole rings is 1. The van der Waals surface area contributed by atoms with Crippen LogP contribution in [0.2, 0.25) is 5.02 Å². The number of aryl methyl sites for hydroxylation is 1. The number of pyridine rings is 1. The summed E-state index contributed by atoms with van der Waals surface area (Å²) in [6.07, 6.45) is 2.53. The number of benzene rings is 1. The van der Waals surface area contributed by atoms with Gasteiger partial charge in [-0.1, -0.05) is 35.0 Å². The summed E-state index contributed by atoms with van der Waals surface area (Å²) in [6, 6.07) is 13.6. The van der Waals surface area contributed by atoms with E-state index in [1.165, 1.54) is 0 Å². The molecule has 0 saturated carbocycles. The van der Waals surface area contributed by atoms with Crippen LogP contribution < -0.4 is 0 Å². The Morgan fingerprint density at radius 3 is 2.65 bits per heavy atom. The van der Waals surface area contributed by atoms with Crippen LogP contribution in [-0.2, 0) is 6.42 Å². The number of hydrogen-bond donors (Lipinski definition) is 0. The molecule has 5 nitrogen and oxygen atoms in total. The van der Waals surface area contributed by atoms with E-state index < -0.39 is 0 Å². The smallest absolute Gasteiger partial charge is 0.223 e. The third-order valence-electron chi connectivity index (χ3n) is 3.64. The van der Waals surface area contributed by atoms with Gasteiger partial charge in [0.2, 0.25) is 5.89 Å². The zero-order chi connectivity index (χ0) is 15.8. The fourth-order valence-electron chi connectivity index (χ4n) is 2.62. The molecule has 114 valence electrons. The first kappa shape index (κ1) is 14.0. The van der Waals surface area contributed by atoms with E-state index >= 15 is 0 Å². The van der Waals surface area contributed by atoms with Gasteiger partial charge in [-0.05, 0) is 24.3 Å². The van der Waals surface area contributed by atoms with Crippen LogP contribution in [0.1, 0.15) is 17.4 Å². The van der Waals surface area contributed by atoms with Gasteiger partial charge < -0.3 is 8.92 Å². The molecule has 3 aromatic heterocycles. The minimum absolute atomic E-state index is 0.542. The van der Waals surface area contributed by atoms with Gasteiger partial charge in [0.05, 0.1) is 17.8 Å². The Hall–Kier alpha value is -2.66. The summed E-state index contributed by atoms with van der Waals surface area (Å²) < 4.78 is 7.13. The molecule has 0 aliphatic carbocycles. The first-order valence-corrected chi connectivity index (χ1v) is 7.59. The Balaban J connectivity index is 1.88. The molecule has 6 heteroatoms. The molecule has 23 heavy (non-hydrogen) atoms. The molecule has 0 aliphatic rings. The van der Waals surface area contributed by atoms with Crippen molar-refractivity contribution in [3.63, 3.8) is 0 Å². The molecule has 1 aromatic carbocycles. The molecule has 0 radical (unpaired) electrons. The van der Waals surface area contributed by atoms with E-state index in [4.69, 9.17) is 21.1 Å². The lowest BCUT2D eigenvalue weighted by Gasteiger charge is -2.03. The molecule has 0 fully saturated rings. The Labute approximate surface area is 137 Å². The van der Waals surface area contributed by atoms with E-state index in [1.807, 2.05) is 48.7 Å². The quantitative estimate of drug-likeness (QED) is 0.573. The largest absolute Gasteiger partial charge is 0.340 e. The van der Waals surface area contributed by atoms with E-state index in [2.05, 4.69) is 14.5 Å². The summed E-state index contributed by atoms with van der Waals surface area (Å²) in [6.45, 7) is 1.78. The van der Waals surface area contributed by atoms with Crippen molar-refractivity contribution in [2.75, 3.05) is 0 Å². The number of aromatic nitrogens is 4. The SMILES string of the molecule is Cc1nc(Cc2c(-c3ccc(Cl)cc3)nc3ccccn23)no1. The molecule has 3 heterocycles. The van der Waals surface area contributed by atoms with Crippen molar-refractivity contribution in [2.24, 2.45) is 0 Å². The van der Waals surface area contributed by atoms with Gasteiger partial charge in [-0.2, -0.15) is 4.98 Å². The Bertz CT molecular complexity index is 972. The van der Waals surface area contributed by atoms with E-state index in [0.29, 0.717) is 23.2 Å². The van der Waals surface area contributed by atoms with Crippen molar-refractivity contribution in [3.8, 4) is 11.3 Å². The molecule has 0 spiro atoms. The molecule has 0 atom stereocenters. The molecular weight excluding hydrogens is 312 g/mol. The number of rotatable bonds is 3. The summed E-state index contributed by atoms with van der Waals surface area (Å²) in [7, 11) is 0. The lowest BCUT2D eigenvalue weighted by Crippen LogP contribution is -1.98. The highest BCUT2D eigenvalue weighted by atomic mass is 35.5. The highest BCUT2D eigenvalue weighted by Crippen LogP contribution is 2.27. The van der Waals surface area contributed by atoms with E-state index in [-0.39, 0.29) is 0 Å². The van der Waals surface area contributed by atoms with Crippen LogP contribution in [0.15, 0.2) is 53.2 Å². The molecule has 0 bridgehead atoms. The summed E-state index contributed by atoms with van der Waals surface area (Å²) in [5, 5.41) is 4.70. The number of fused-ring (bicyclic) bond motifs is 1. The van der Waals surface area contributed by atoms with Crippen molar-refractivity contribution in [1.29, 1.82) is 0 Å². The predicted octanol–water partition coefficient (Wildman–Crippen LogP) is 3.94. The van der Waals surface area contributed by atoms with Crippen molar-refractivity contribution >= 4 is 17.2 Å². The Kier molecular flexibility index (Phi) is 3.35. The van der Waals surface area contributed by atoms with Crippen LogP contribution in [-0.4, -0.2) is 19.5 Å². The van der Waals surface area contributed by atoms with E-state index in [1.54, 1.807) is 6.92 Å². The van der Waals surface area contributed by atoms with Crippen LogP contribution in [0.25, 0.3) is 16.9 Å². The van der Waals surface area contributed by atoms with Crippen LogP contribution in [0.3, 0.4) is 0 Å². The molecule has 4 rings (SSSR count). The van der Waals surface area contributed by atoms with E-state index in [0.717, 1.165) is 22.6 Å². The van der Waals surface area contributed by atoms with Crippen molar-refractivity contribution in [3.05, 3.63) is 71.1 Å². The van der Waals surface area contributed by atoms with Gasteiger partial charge in [-0.25, -0.2) is 4.98 Å². The van der Waals surface area contributed by atoms with Gasteiger partial charge in [0.25, 0.3) is 0 Å². The summed E-state index contributed by atoms with van der Waals surface area (Å²) in [4.78, 5) is 9.05. The van der Waals surface area contributed by atoms with Crippen molar-refractivity contribution in [2.45, 2.75) is 13.3 Å². The predicted molar refractivity (Wildman–Crippen MR) is 87.5 cm³/mol. The second kappa shape index (κ2) is 5.52. The number of halogens is 1. The highest BCUT2D eigenvalue weighted by Gasteiger charge is 2.16. The number of nitrogens with zero attached hydrogens (tertiary/aromatic N) is 4. The Morgan fingerprint density at radius 2 is 1.91 bits per heavy atom. The van der Waals surface area contributed by atoms with Gasteiger partial charge in [0, 0.05) is 23.7 Å². The Morgan fingerprint density at radius 1 is 1.09 bits per heavy atom. The standard InChI is InChI=1S/C17H13ClN4O/c1-11-19-15(21-23-11)10-14-17(12-5-7-13(18)8-6-12)20-16-4-2-3-9-22(14)16/h2-9H,10H2,1H3. The maximum absolute atomic E-state index is 5.99. The zero-order valence-corrected chi connectivity index (χ0v) is 13.2. The zero-order valence-electron chi connectivity index (χ0n) is 12.4. The molecule has 0 N–H and O–H groups in total. The maximum Gasteiger partial charge on any atom is 0.223 e. The topological polar surface area (TPSA) is 56.2 Å². The fraction of sp³-hybridized carbons (Fsp3) is 0.118. The van der Waals surface area contributed by atoms with Gasteiger partial charge in [0.15, 0.2) is 5.82 Å². The minimum Gasteiger partial charge on any atom is -0.340 e. The average Bonchev–Trinajstić information content (AvgIpc) is 3.13. The van der Waals surface area contributed by atoms with Gasteiger partial charge in [-0.15, -0.1) is 0 Å². The van der Waals surface area contributed by atoms with Gasteiger partial charge in [-0.3, -0.25) is 0 Å². The first-order chi connectivity index (χ1) is 11.2. The van der Waals surface area contributed by atoms with Gasteiger partial charge in [0.1, 0.15) is 5.65 Å². The molecule has 0 amide bonds. The maximum atomic E-state index is 5.99. The third kappa shape index (κ3) is 2.59. The lowest BCUT2D eigenvalue weighted by molar-refractivity contribution is 0.388. The van der Waals surface area contributed by atoms with Gasteiger partial charge >= 0.3 is 0 Å². The van der Waals surface area contributed by atoms with Crippen molar-refractivity contribution in [1.82, 2.24) is 19.5 Å². The van der Waals surface area contributed by atoms with E-state index in [9.17, 15) is 0 Å². The summed E-state index contributed by atoms with van der Waals surface area (Å²) >= 11 is 5.99. The minimum atomic E-state index is 0.542. The molecular formula is C17H13ClN4O. The van der Waals surface area contributed by atoms with Crippen molar-refractivity contribution < 1.29 is 4.52 Å². The molecule has 0 saturated heterocycles. The van der Waals surface area contributed by atoms with Crippen LogP contribution >= 0.6 is 11.6 Å². The fourth-order valence-corrected chi connectivity index (χ4v) is 2.74. The van der Waals surface area contributed by atoms with Crippen LogP contribution in [0.4, 0.5) is 0 Å². The van der Waals surface area contributed by atoms with Crippen LogP contribution in [0.5, 0.6) is 0 Å². The third-order valence-corrected chi connectivity index (χ3v) is 3.89. The number of hydrogen-bond acceptors (Lipinski definition) is 4. The highest BCUT2D eigenvalue weighted by molar-refractivity contribution is 6.30. The average molecular weight is 325 g/mol. The normalized spacial score (nSPS) is 11.2. The molecule has 4 aromatic rings. The lowest BCUT2D eigenvalue weighted by atomic mass is 10.1. The first-order valence-electron chi connectivity index (χ1n) is 7.22. The van der Waals surface area contributed by atoms with Crippen LogP contribution in [0, 0.1) is 6.92 Å². The summed E-state index contributed by atoms with van der Waals surface area (Å²) in [5.41, 5.74) is 3.81.